The van der Waals surface area contributed by atoms with Crippen LogP contribution in [0.25, 0.3) is 0 Å². The van der Waals surface area contributed by atoms with Crippen LogP contribution in [0.15, 0.2) is 30.3 Å². The molecule has 1 aliphatic carbocycles. The van der Waals surface area contributed by atoms with Crippen LogP contribution in [0.3, 0.4) is 0 Å². The van der Waals surface area contributed by atoms with Crippen molar-refractivity contribution in [2.75, 3.05) is 0 Å². The lowest BCUT2D eigenvalue weighted by molar-refractivity contribution is 0.316. The third-order valence-corrected chi connectivity index (χ3v) is 3.68. The zero-order chi connectivity index (χ0) is 9.80. The maximum atomic E-state index is 2.39. The second kappa shape index (κ2) is 4.63. The lowest BCUT2D eigenvalue weighted by Gasteiger charge is -2.27. The van der Waals surface area contributed by atoms with Gasteiger partial charge in [0.1, 0.15) is 0 Å². The van der Waals surface area contributed by atoms with E-state index in [4.69, 9.17) is 0 Å². The van der Waals surface area contributed by atoms with E-state index in [1.807, 2.05) is 0 Å². The Bertz CT molecular complexity index is 257. The van der Waals surface area contributed by atoms with E-state index in [1.54, 1.807) is 0 Å². The van der Waals surface area contributed by atoms with Gasteiger partial charge in [-0.1, -0.05) is 56.5 Å². The van der Waals surface area contributed by atoms with Gasteiger partial charge < -0.3 is 0 Å². The van der Waals surface area contributed by atoms with Crippen molar-refractivity contribution in [3.05, 3.63) is 35.9 Å². The van der Waals surface area contributed by atoms with E-state index in [-0.39, 0.29) is 0 Å². The molecular formula is C14H20. The highest BCUT2D eigenvalue weighted by molar-refractivity contribution is 5.19. The van der Waals surface area contributed by atoms with Crippen molar-refractivity contribution in [3.8, 4) is 0 Å². The van der Waals surface area contributed by atoms with Crippen molar-refractivity contribution >= 4 is 0 Å². The second-order valence-electron chi connectivity index (χ2n) is 4.60. The number of hydrogen-bond acceptors (Lipinski definition) is 0. The third-order valence-electron chi connectivity index (χ3n) is 3.68. The molecule has 0 amide bonds. The van der Waals surface area contributed by atoms with Gasteiger partial charge in [-0.15, -0.1) is 0 Å². The Morgan fingerprint density at radius 1 is 1.00 bits per heavy atom. The first-order valence-corrected chi connectivity index (χ1v) is 5.93. The van der Waals surface area contributed by atoms with Crippen molar-refractivity contribution in [2.45, 2.75) is 44.9 Å². The highest BCUT2D eigenvalue weighted by Gasteiger charge is 2.20. The van der Waals surface area contributed by atoms with Crippen LogP contribution >= 0.6 is 0 Å². The number of rotatable bonds is 2. The Morgan fingerprint density at radius 3 is 2.29 bits per heavy atom. The summed E-state index contributed by atoms with van der Waals surface area (Å²) in [5.41, 5.74) is 1.53. The Kier molecular flexibility index (Phi) is 3.23. The highest BCUT2D eigenvalue weighted by Crippen LogP contribution is 2.35. The second-order valence-corrected chi connectivity index (χ2v) is 4.60. The molecule has 0 heteroatoms. The first-order chi connectivity index (χ1) is 6.88. The van der Waals surface area contributed by atoms with Crippen molar-refractivity contribution in [3.63, 3.8) is 0 Å². The van der Waals surface area contributed by atoms with Crippen LogP contribution in [0.2, 0.25) is 0 Å². The molecule has 0 nitrogen and oxygen atoms in total. The van der Waals surface area contributed by atoms with Crippen LogP contribution in [-0.2, 0) is 0 Å². The van der Waals surface area contributed by atoms with Crippen LogP contribution < -0.4 is 0 Å². The zero-order valence-electron chi connectivity index (χ0n) is 9.08. The molecule has 1 saturated carbocycles. The van der Waals surface area contributed by atoms with Gasteiger partial charge in [-0.3, -0.25) is 0 Å². The van der Waals surface area contributed by atoms with E-state index in [1.165, 1.54) is 37.7 Å². The molecule has 1 aromatic rings. The first kappa shape index (κ1) is 9.76. The van der Waals surface area contributed by atoms with E-state index in [9.17, 15) is 0 Å². The highest BCUT2D eigenvalue weighted by atomic mass is 14.3. The lowest BCUT2D eigenvalue weighted by atomic mass is 9.78. The molecule has 0 aromatic heterocycles. The van der Waals surface area contributed by atoms with Gasteiger partial charge in [0.05, 0.1) is 0 Å². The Balaban J connectivity index is 2.03. The summed E-state index contributed by atoms with van der Waals surface area (Å²) < 4.78 is 0. The minimum Gasteiger partial charge on any atom is -0.0622 e. The SMILES string of the molecule is CC(c1ccccc1)C1CCCCC1. The van der Waals surface area contributed by atoms with Gasteiger partial charge >= 0.3 is 0 Å². The molecular weight excluding hydrogens is 168 g/mol. The summed E-state index contributed by atoms with van der Waals surface area (Å²) in [4.78, 5) is 0. The van der Waals surface area contributed by atoms with Crippen LogP contribution in [0.5, 0.6) is 0 Å². The molecule has 1 atom stereocenters. The maximum absolute atomic E-state index is 2.39. The zero-order valence-corrected chi connectivity index (χ0v) is 9.08. The maximum Gasteiger partial charge on any atom is -0.0162 e. The number of hydrogen-bond donors (Lipinski definition) is 0. The number of benzene rings is 1. The van der Waals surface area contributed by atoms with Crippen molar-refractivity contribution in [2.24, 2.45) is 5.92 Å². The fourth-order valence-corrected chi connectivity index (χ4v) is 2.66. The molecule has 0 spiro atoms. The Morgan fingerprint density at radius 2 is 1.64 bits per heavy atom. The quantitative estimate of drug-likeness (QED) is 0.646. The Hall–Kier alpha value is -0.780. The molecule has 0 radical (unpaired) electrons. The predicted molar refractivity (Wildman–Crippen MR) is 61.4 cm³/mol. The fraction of sp³-hybridized carbons (Fsp3) is 0.571. The van der Waals surface area contributed by atoms with Gasteiger partial charge in [-0.25, -0.2) is 0 Å². The summed E-state index contributed by atoms with van der Waals surface area (Å²) in [5, 5.41) is 0. The van der Waals surface area contributed by atoms with Gasteiger partial charge in [0.25, 0.3) is 0 Å². The smallest absolute Gasteiger partial charge is 0.0162 e. The van der Waals surface area contributed by atoms with Crippen molar-refractivity contribution in [1.29, 1.82) is 0 Å². The molecule has 0 saturated heterocycles. The lowest BCUT2D eigenvalue weighted by Crippen LogP contribution is -2.13. The average Bonchev–Trinajstić information content (AvgIpc) is 2.30. The first-order valence-electron chi connectivity index (χ1n) is 5.93. The summed E-state index contributed by atoms with van der Waals surface area (Å²) in [6, 6.07) is 11.0. The molecule has 1 unspecified atom stereocenters. The molecule has 1 aliphatic rings. The monoisotopic (exact) mass is 188 g/mol. The summed E-state index contributed by atoms with van der Waals surface area (Å²) in [5.74, 6) is 1.70. The average molecular weight is 188 g/mol. The van der Waals surface area contributed by atoms with E-state index in [2.05, 4.69) is 37.3 Å². The standard InChI is InChI=1S/C14H20/c1-12(13-8-4-2-5-9-13)14-10-6-3-7-11-14/h2,4-5,8-9,12,14H,3,6-7,10-11H2,1H3. The molecule has 14 heavy (non-hydrogen) atoms. The Labute approximate surface area is 87.3 Å². The molecule has 0 heterocycles. The molecule has 0 bridgehead atoms. The molecule has 2 rings (SSSR count). The summed E-state index contributed by atoms with van der Waals surface area (Å²) in [7, 11) is 0. The van der Waals surface area contributed by atoms with Crippen LogP contribution in [0, 0.1) is 5.92 Å². The van der Waals surface area contributed by atoms with Gasteiger partial charge in [0.15, 0.2) is 0 Å². The molecule has 76 valence electrons. The van der Waals surface area contributed by atoms with Gasteiger partial charge in [0, 0.05) is 0 Å². The molecule has 0 N–H and O–H groups in total. The summed E-state index contributed by atoms with van der Waals surface area (Å²) in [6.45, 7) is 2.39. The van der Waals surface area contributed by atoms with Gasteiger partial charge in [-0.2, -0.15) is 0 Å². The van der Waals surface area contributed by atoms with E-state index < -0.39 is 0 Å². The van der Waals surface area contributed by atoms with Crippen molar-refractivity contribution < 1.29 is 0 Å². The van der Waals surface area contributed by atoms with Crippen molar-refractivity contribution in [1.82, 2.24) is 0 Å². The van der Waals surface area contributed by atoms with Gasteiger partial charge in [-0.05, 0) is 30.2 Å². The largest absolute Gasteiger partial charge is 0.0622 e. The topological polar surface area (TPSA) is 0 Å². The normalized spacial score (nSPS) is 20.6. The van der Waals surface area contributed by atoms with E-state index >= 15 is 0 Å². The minimum atomic E-state index is 0.761. The molecule has 1 fully saturated rings. The predicted octanol–water partition coefficient (Wildman–Crippen LogP) is 4.37. The summed E-state index contributed by atoms with van der Waals surface area (Å²) in [6.07, 6.45) is 7.23. The molecule has 0 aliphatic heterocycles. The van der Waals surface area contributed by atoms with E-state index in [0.29, 0.717) is 0 Å². The molecule has 1 aromatic carbocycles. The van der Waals surface area contributed by atoms with Crippen LogP contribution in [0.4, 0.5) is 0 Å². The van der Waals surface area contributed by atoms with Crippen LogP contribution in [0.1, 0.15) is 50.5 Å². The van der Waals surface area contributed by atoms with E-state index in [0.717, 1.165) is 11.8 Å². The summed E-state index contributed by atoms with van der Waals surface area (Å²) >= 11 is 0. The fourth-order valence-electron chi connectivity index (χ4n) is 2.66. The minimum absolute atomic E-state index is 0.761. The van der Waals surface area contributed by atoms with Crippen LogP contribution in [-0.4, -0.2) is 0 Å². The van der Waals surface area contributed by atoms with Gasteiger partial charge in [0.2, 0.25) is 0 Å². The third kappa shape index (κ3) is 2.17.